The van der Waals surface area contributed by atoms with Crippen LogP contribution < -0.4 is 5.73 Å². The molecule has 0 aliphatic heterocycles. The van der Waals surface area contributed by atoms with Gasteiger partial charge in [0.2, 0.25) is 0 Å². The fourth-order valence-corrected chi connectivity index (χ4v) is 1.69. The number of halogens is 4. The van der Waals surface area contributed by atoms with Crippen LogP contribution in [0, 0.1) is 5.82 Å². The van der Waals surface area contributed by atoms with Crippen LogP contribution in [-0.2, 0) is 12.7 Å². The van der Waals surface area contributed by atoms with Crippen LogP contribution in [0.4, 0.5) is 17.6 Å². The second-order valence-electron chi connectivity index (χ2n) is 3.93. The Morgan fingerprint density at radius 1 is 1.28 bits per heavy atom. The molecule has 0 bridgehead atoms. The van der Waals surface area contributed by atoms with E-state index in [4.69, 9.17) is 5.73 Å². The molecule has 1 aromatic carbocycles. The van der Waals surface area contributed by atoms with Crippen LogP contribution in [0.1, 0.15) is 18.1 Å². The Labute approximate surface area is 103 Å². The Morgan fingerprint density at radius 3 is 2.44 bits per heavy atom. The summed E-state index contributed by atoms with van der Waals surface area (Å²) in [5, 5.41) is 0. The molecule has 2 nitrogen and oxygen atoms in total. The van der Waals surface area contributed by atoms with Crippen molar-refractivity contribution >= 4 is 0 Å². The number of hydrogen-bond acceptors (Lipinski definition) is 2. The number of rotatable bonds is 5. The summed E-state index contributed by atoms with van der Waals surface area (Å²) in [4.78, 5) is 1.79. The molecular formula is C12H16F4N2. The molecule has 6 heteroatoms. The van der Waals surface area contributed by atoms with Gasteiger partial charge in [-0.25, -0.2) is 4.39 Å². The maximum absolute atomic E-state index is 13.7. The van der Waals surface area contributed by atoms with Crippen molar-refractivity contribution in [3.63, 3.8) is 0 Å². The molecule has 0 unspecified atom stereocenters. The van der Waals surface area contributed by atoms with E-state index in [0.717, 1.165) is 6.07 Å². The number of benzene rings is 1. The zero-order chi connectivity index (χ0) is 13.8. The van der Waals surface area contributed by atoms with Crippen LogP contribution in [0.15, 0.2) is 18.2 Å². The van der Waals surface area contributed by atoms with Crippen molar-refractivity contribution in [1.82, 2.24) is 4.90 Å². The lowest BCUT2D eigenvalue weighted by Crippen LogP contribution is -2.29. The summed E-state index contributed by atoms with van der Waals surface area (Å²) in [5.41, 5.74) is 4.20. The van der Waals surface area contributed by atoms with Gasteiger partial charge in [0.25, 0.3) is 0 Å². The monoisotopic (exact) mass is 264 g/mol. The van der Waals surface area contributed by atoms with E-state index in [1.807, 2.05) is 6.92 Å². The molecule has 2 N–H and O–H groups in total. The first-order valence-electron chi connectivity index (χ1n) is 5.67. The van der Waals surface area contributed by atoms with E-state index >= 15 is 0 Å². The lowest BCUT2D eigenvalue weighted by atomic mass is 10.1. The molecule has 18 heavy (non-hydrogen) atoms. The van der Waals surface area contributed by atoms with E-state index < -0.39 is 17.6 Å². The predicted molar refractivity (Wildman–Crippen MR) is 61.4 cm³/mol. The highest BCUT2D eigenvalue weighted by Gasteiger charge is 2.34. The number of nitrogens with two attached hydrogens (primary N) is 1. The third-order valence-corrected chi connectivity index (χ3v) is 2.67. The summed E-state index contributed by atoms with van der Waals surface area (Å²) < 4.78 is 51.3. The molecular weight excluding hydrogens is 248 g/mol. The SMILES string of the molecule is CCN(CCN)Cc1cccc(C(F)(F)F)c1F. The second kappa shape index (κ2) is 6.15. The maximum Gasteiger partial charge on any atom is 0.419 e. The predicted octanol–water partition coefficient (Wildman–Crippen LogP) is 2.63. The highest BCUT2D eigenvalue weighted by molar-refractivity contribution is 5.28. The summed E-state index contributed by atoms with van der Waals surface area (Å²) in [6, 6.07) is 3.33. The highest BCUT2D eigenvalue weighted by atomic mass is 19.4. The van der Waals surface area contributed by atoms with Crippen LogP contribution in [0.2, 0.25) is 0 Å². The van der Waals surface area contributed by atoms with Crippen LogP contribution in [0.3, 0.4) is 0 Å². The van der Waals surface area contributed by atoms with E-state index in [1.165, 1.54) is 12.1 Å². The van der Waals surface area contributed by atoms with Gasteiger partial charge in [-0.3, -0.25) is 4.90 Å². The molecule has 0 aliphatic rings. The topological polar surface area (TPSA) is 29.3 Å². The van der Waals surface area contributed by atoms with Gasteiger partial charge in [-0.15, -0.1) is 0 Å². The lowest BCUT2D eigenvalue weighted by molar-refractivity contribution is -0.140. The van der Waals surface area contributed by atoms with Crippen LogP contribution in [0.25, 0.3) is 0 Å². The molecule has 0 saturated heterocycles. The van der Waals surface area contributed by atoms with Crippen LogP contribution in [-0.4, -0.2) is 24.5 Å². The number of nitrogens with zero attached hydrogens (tertiary/aromatic N) is 1. The zero-order valence-electron chi connectivity index (χ0n) is 10.1. The molecule has 0 heterocycles. The van der Waals surface area contributed by atoms with Gasteiger partial charge in [0.05, 0.1) is 5.56 Å². The minimum absolute atomic E-state index is 0.0418. The maximum atomic E-state index is 13.7. The van der Waals surface area contributed by atoms with Gasteiger partial charge in [-0.05, 0) is 12.6 Å². The fraction of sp³-hybridized carbons (Fsp3) is 0.500. The first-order valence-corrected chi connectivity index (χ1v) is 5.67. The normalized spacial score (nSPS) is 12.2. The van der Waals surface area contributed by atoms with E-state index in [9.17, 15) is 17.6 Å². The fourth-order valence-electron chi connectivity index (χ4n) is 1.69. The largest absolute Gasteiger partial charge is 0.419 e. The van der Waals surface area contributed by atoms with Gasteiger partial charge in [-0.1, -0.05) is 19.1 Å². The zero-order valence-corrected chi connectivity index (χ0v) is 10.1. The van der Waals surface area contributed by atoms with Crippen molar-refractivity contribution in [2.75, 3.05) is 19.6 Å². The standard InChI is InChI=1S/C12H16F4N2/c1-2-18(7-6-17)8-9-4-3-5-10(11(9)13)12(14,15)16/h3-5H,2,6-8,17H2,1H3. The molecule has 0 aromatic heterocycles. The van der Waals surface area contributed by atoms with E-state index in [0.29, 0.717) is 19.6 Å². The number of alkyl halides is 3. The van der Waals surface area contributed by atoms with Crippen LogP contribution >= 0.6 is 0 Å². The third-order valence-electron chi connectivity index (χ3n) is 2.67. The first-order chi connectivity index (χ1) is 8.40. The van der Waals surface area contributed by atoms with Gasteiger partial charge in [0.15, 0.2) is 0 Å². The minimum Gasteiger partial charge on any atom is -0.329 e. The molecule has 0 radical (unpaired) electrons. The second-order valence-corrected chi connectivity index (χ2v) is 3.93. The number of likely N-dealkylation sites (N-methyl/N-ethyl adjacent to an activating group) is 1. The molecule has 1 aromatic rings. The third kappa shape index (κ3) is 3.68. The Kier molecular flexibility index (Phi) is 5.10. The van der Waals surface area contributed by atoms with Gasteiger partial charge >= 0.3 is 6.18 Å². The number of hydrogen-bond donors (Lipinski definition) is 1. The van der Waals surface area contributed by atoms with Crippen molar-refractivity contribution in [3.05, 3.63) is 35.1 Å². The summed E-state index contributed by atoms with van der Waals surface area (Å²) in [7, 11) is 0. The van der Waals surface area contributed by atoms with Crippen molar-refractivity contribution in [2.24, 2.45) is 5.73 Å². The Morgan fingerprint density at radius 2 is 1.94 bits per heavy atom. The average molecular weight is 264 g/mol. The van der Waals surface area contributed by atoms with Gasteiger partial charge in [-0.2, -0.15) is 13.2 Å². The van der Waals surface area contributed by atoms with Crippen molar-refractivity contribution in [3.8, 4) is 0 Å². The summed E-state index contributed by atoms with van der Waals surface area (Å²) >= 11 is 0. The summed E-state index contributed by atoms with van der Waals surface area (Å²) in [6.45, 7) is 3.48. The van der Waals surface area contributed by atoms with E-state index in [-0.39, 0.29) is 12.1 Å². The molecule has 1 rings (SSSR count). The van der Waals surface area contributed by atoms with Gasteiger partial charge < -0.3 is 5.73 Å². The average Bonchev–Trinajstić information content (AvgIpc) is 2.29. The van der Waals surface area contributed by atoms with Gasteiger partial charge in [0.1, 0.15) is 5.82 Å². The van der Waals surface area contributed by atoms with Crippen molar-refractivity contribution in [1.29, 1.82) is 0 Å². The van der Waals surface area contributed by atoms with E-state index in [2.05, 4.69) is 0 Å². The summed E-state index contributed by atoms with van der Waals surface area (Å²) in [6.07, 6.45) is -4.66. The quantitative estimate of drug-likeness (QED) is 0.828. The lowest BCUT2D eigenvalue weighted by Gasteiger charge is -2.20. The smallest absolute Gasteiger partial charge is 0.329 e. The molecule has 0 fully saturated rings. The first kappa shape index (κ1) is 14.9. The molecule has 0 spiro atoms. The molecule has 0 saturated carbocycles. The Bertz CT molecular complexity index is 390. The van der Waals surface area contributed by atoms with Crippen molar-refractivity contribution in [2.45, 2.75) is 19.6 Å². The highest BCUT2D eigenvalue weighted by Crippen LogP contribution is 2.32. The Balaban J connectivity index is 2.97. The summed E-state index contributed by atoms with van der Waals surface area (Å²) in [5.74, 6) is -1.19. The Hall–Kier alpha value is -1.14. The molecule has 0 amide bonds. The van der Waals surface area contributed by atoms with E-state index in [1.54, 1.807) is 4.90 Å². The molecule has 0 aliphatic carbocycles. The van der Waals surface area contributed by atoms with Crippen LogP contribution in [0.5, 0.6) is 0 Å². The van der Waals surface area contributed by atoms with Gasteiger partial charge in [0, 0.05) is 25.2 Å². The van der Waals surface area contributed by atoms with Crippen molar-refractivity contribution < 1.29 is 17.6 Å². The minimum atomic E-state index is -4.66. The molecule has 102 valence electrons. The molecule has 0 atom stereocenters.